The number of rotatable bonds is 10. The number of esters is 3. The summed E-state index contributed by atoms with van der Waals surface area (Å²) in [4.78, 5) is 35.2. The van der Waals surface area contributed by atoms with Crippen LogP contribution in [0.25, 0.3) is 0 Å². The topological polar surface area (TPSA) is 119 Å². The van der Waals surface area contributed by atoms with Crippen LogP contribution in [0.15, 0.2) is 72.8 Å². The molecule has 0 saturated heterocycles. The number of hydrogen-bond donors (Lipinski definition) is 2. The van der Waals surface area contributed by atoms with E-state index in [1.165, 1.54) is 18.2 Å². The van der Waals surface area contributed by atoms with E-state index in [-0.39, 0.29) is 12.2 Å². The van der Waals surface area contributed by atoms with Crippen LogP contribution in [-0.2, 0) is 19.0 Å². The summed E-state index contributed by atoms with van der Waals surface area (Å²) in [6, 6.07) is 16.4. The van der Waals surface area contributed by atoms with Crippen molar-refractivity contribution in [2.45, 2.75) is 18.6 Å². The minimum Gasteiger partial charge on any atom is -0.463 e. The van der Waals surface area contributed by atoms with E-state index in [1.54, 1.807) is 48.5 Å². The van der Waals surface area contributed by atoms with Crippen molar-refractivity contribution < 1.29 is 38.8 Å². The van der Waals surface area contributed by atoms with Crippen LogP contribution in [-0.4, -0.2) is 59.6 Å². The first-order valence-corrected chi connectivity index (χ1v) is 9.46. The van der Waals surface area contributed by atoms with E-state index in [1.807, 2.05) is 0 Å². The molecule has 0 aliphatic heterocycles. The number of benzene rings is 2. The van der Waals surface area contributed by atoms with Crippen LogP contribution in [0.2, 0.25) is 0 Å². The van der Waals surface area contributed by atoms with Crippen molar-refractivity contribution in [1.29, 1.82) is 0 Å². The van der Waals surface area contributed by atoms with E-state index in [4.69, 9.17) is 14.2 Å². The Kier molecular flexibility index (Phi) is 8.93. The van der Waals surface area contributed by atoms with Crippen LogP contribution in [0, 0.1) is 0 Å². The van der Waals surface area contributed by atoms with E-state index in [2.05, 4.69) is 0 Å². The molecule has 0 heterocycles. The summed E-state index contributed by atoms with van der Waals surface area (Å²) >= 11 is 0. The number of carbonyl (C=O) groups is 3. The predicted molar refractivity (Wildman–Crippen MR) is 110 cm³/mol. The van der Waals surface area contributed by atoms with Crippen molar-refractivity contribution in [3.8, 4) is 0 Å². The predicted octanol–water partition coefficient (Wildman–Crippen LogP) is 1.91. The molecule has 0 aromatic heterocycles. The number of hydrogen-bond acceptors (Lipinski definition) is 8. The van der Waals surface area contributed by atoms with Crippen LogP contribution < -0.4 is 0 Å². The fourth-order valence-electron chi connectivity index (χ4n) is 2.43. The lowest BCUT2D eigenvalue weighted by atomic mass is 9.98. The lowest BCUT2D eigenvalue weighted by molar-refractivity contribution is -0.161. The van der Waals surface area contributed by atoms with Gasteiger partial charge in [0.15, 0.2) is 5.60 Å². The quantitative estimate of drug-likeness (QED) is 0.335. The highest BCUT2D eigenvalue weighted by atomic mass is 16.6. The monoisotopic (exact) mass is 428 g/mol. The molecule has 0 aliphatic rings. The summed E-state index contributed by atoms with van der Waals surface area (Å²) in [5.74, 6) is -1.94. The largest absolute Gasteiger partial charge is 0.463 e. The van der Waals surface area contributed by atoms with Crippen molar-refractivity contribution >= 4 is 17.9 Å². The first-order chi connectivity index (χ1) is 14.8. The molecule has 2 aromatic carbocycles. The molecule has 0 aliphatic carbocycles. The zero-order valence-electron chi connectivity index (χ0n) is 17.0. The van der Waals surface area contributed by atoms with Crippen molar-refractivity contribution in [3.63, 3.8) is 0 Å². The molecule has 2 rings (SSSR count). The molecule has 0 amide bonds. The standard InChI is InChI=1S/C23H24O8/c1-17(24)30-15-23(28,16-31-22(27)19-11-6-3-7-12-19)20(25)13-8-14-29-21(26)18-9-4-2-5-10-18/h2-13,20,25,28H,14-16H2,1H3/b13-8-/t20-,23-/m1/s1. The van der Waals surface area contributed by atoms with E-state index >= 15 is 0 Å². The van der Waals surface area contributed by atoms with E-state index in [9.17, 15) is 24.6 Å². The second kappa shape index (κ2) is 11.6. The third kappa shape index (κ3) is 7.69. The molecule has 2 N–H and O–H groups in total. The maximum absolute atomic E-state index is 12.1. The minimum atomic E-state index is -2.10. The number of aliphatic hydroxyl groups is 2. The van der Waals surface area contributed by atoms with Gasteiger partial charge in [0.1, 0.15) is 25.9 Å². The van der Waals surface area contributed by atoms with Gasteiger partial charge in [0.25, 0.3) is 0 Å². The third-order valence-corrected chi connectivity index (χ3v) is 4.18. The SMILES string of the molecule is CC(=O)OC[C@@](O)(COC(=O)c1ccccc1)[C@H](O)/C=C\COC(=O)c1ccccc1. The molecule has 31 heavy (non-hydrogen) atoms. The molecule has 2 atom stereocenters. The molecular weight excluding hydrogens is 404 g/mol. The van der Waals surface area contributed by atoms with Crippen LogP contribution >= 0.6 is 0 Å². The Labute approximate surface area is 179 Å². The lowest BCUT2D eigenvalue weighted by Gasteiger charge is -2.30. The molecule has 0 spiro atoms. The Morgan fingerprint density at radius 1 is 0.871 bits per heavy atom. The Morgan fingerprint density at radius 2 is 1.35 bits per heavy atom. The van der Waals surface area contributed by atoms with Crippen molar-refractivity contribution in [3.05, 3.63) is 83.9 Å². The number of ether oxygens (including phenoxy) is 3. The zero-order valence-corrected chi connectivity index (χ0v) is 17.0. The minimum absolute atomic E-state index is 0.168. The normalized spacial score (nSPS) is 13.8. The molecule has 164 valence electrons. The lowest BCUT2D eigenvalue weighted by Crippen LogP contribution is -2.50. The fraction of sp³-hybridized carbons (Fsp3) is 0.261. The average Bonchev–Trinajstić information content (AvgIpc) is 2.79. The van der Waals surface area contributed by atoms with Crippen LogP contribution in [0.3, 0.4) is 0 Å². The summed E-state index contributed by atoms with van der Waals surface area (Å²) < 4.78 is 15.0. The smallest absolute Gasteiger partial charge is 0.338 e. The van der Waals surface area contributed by atoms with Crippen LogP contribution in [0.4, 0.5) is 0 Å². The fourth-order valence-corrected chi connectivity index (χ4v) is 2.43. The summed E-state index contributed by atoms with van der Waals surface area (Å²) in [6.07, 6.45) is 0.910. The van der Waals surface area contributed by atoms with Gasteiger partial charge in [-0.2, -0.15) is 0 Å². The van der Waals surface area contributed by atoms with Gasteiger partial charge in [-0.3, -0.25) is 4.79 Å². The summed E-state index contributed by atoms with van der Waals surface area (Å²) in [5.41, 5.74) is -1.47. The van der Waals surface area contributed by atoms with Gasteiger partial charge in [-0.25, -0.2) is 9.59 Å². The summed E-state index contributed by atoms with van der Waals surface area (Å²) in [7, 11) is 0. The molecule has 0 bridgehead atoms. The molecule has 0 saturated carbocycles. The summed E-state index contributed by atoms with van der Waals surface area (Å²) in [5, 5.41) is 21.1. The maximum Gasteiger partial charge on any atom is 0.338 e. The van der Waals surface area contributed by atoms with Crippen LogP contribution in [0.5, 0.6) is 0 Å². The van der Waals surface area contributed by atoms with E-state index in [0.717, 1.165) is 13.0 Å². The van der Waals surface area contributed by atoms with Crippen molar-refractivity contribution in [2.24, 2.45) is 0 Å². The Hall–Kier alpha value is -3.49. The van der Waals surface area contributed by atoms with Gasteiger partial charge in [0, 0.05) is 6.92 Å². The highest BCUT2D eigenvalue weighted by molar-refractivity contribution is 5.89. The van der Waals surface area contributed by atoms with E-state index in [0.29, 0.717) is 5.56 Å². The van der Waals surface area contributed by atoms with Gasteiger partial charge in [0.05, 0.1) is 11.1 Å². The van der Waals surface area contributed by atoms with Gasteiger partial charge in [-0.1, -0.05) is 42.5 Å². The van der Waals surface area contributed by atoms with Gasteiger partial charge in [-0.15, -0.1) is 0 Å². The van der Waals surface area contributed by atoms with Gasteiger partial charge in [0.2, 0.25) is 0 Å². The second-order valence-corrected chi connectivity index (χ2v) is 6.66. The zero-order chi connectivity index (χ0) is 22.7. The van der Waals surface area contributed by atoms with Gasteiger partial charge in [-0.05, 0) is 30.3 Å². The first kappa shape index (κ1) is 23.8. The number of carbonyl (C=O) groups excluding carboxylic acids is 3. The highest BCUT2D eigenvalue weighted by Gasteiger charge is 2.37. The Balaban J connectivity index is 1.96. The van der Waals surface area contributed by atoms with Crippen molar-refractivity contribution in [1.82, 2.24) is 0 Å². The second-order valence-electron chi connectivity index (χ2n) is 6.66. The first-order valence-electron chi connectivity index (χ1n) is 9.46. The Morgan fingerprint density at radius 3 is 1.87 bits per heavy atom. The van der Waals surface area contributed by atoms with Gasteiger partial charge < -0.3 is 24.4 Å². The average molecular weight is 428 g/mol. The molecule has 0 fully saturated rings. The maximum atomic E-state index is 12.1. The molecular formula is C23H24O8. The molecule has 0 unspecified atom stereocenters. The van der Waals surface area contributed by atoms with Crippen molar-refractivity contribution in [2.75, 3.05) is 19.8 Å². The summed E-state index contributed by atoms with van der Waals surface area (Å²) in [6.45, 7) is -0.275. The van der Waals surface area contributed by atoms with Gasteiger partial charge >= 0.3 is 17.9 Å². The Bertz CT molecular complexity index is 894. The highest BCUT2D eigenvalue weighted by Crippen LogP contribution is 2.16. The van der Waals surface area contributed by atoms with Crippen LogP contribution in [0.1, 0.15) is 27.6 Å². The molecule has 8 nitrogen and oxygen atoms in total. The molecule has 0 radical (unpaired) electrons. The third-order valence-electron chi connectivity index (χ3n) is 4.18. The molecule has 8 heteroatoms. The number of aliphatic hydroxyl groups excluding tert-OH is 1. The van der Waals surface area contributed by atoms with E-state index < -0.39 is 42.8 Å². The molecule has 2 aromatic rings.